The van der Waals surface area contributed by atoms with Gasteiger partial charge in [-0.3, -0.25) is 0 Å². The SMILES string of the molecule is CCCc1ccc(CC(C)C(C)c2ccccc2)cc1. The van der Waals surface area contributed by atoms with Crippen molar-refractivity contribution in [3.05, 3.63) is 71.3 Å². The lowest BCUT2D eigenvalue weighted by Gasteiger charge is -2.20. The lowest BCUT2D eigenvalue weighted by Crippen LogP contribution is -2.09. The van der Waals surface area contributed by atoms with E-state index >= 15 is 0 Å². The summed E-state index contributed by atoms with van der Waals surface area (Å²) in [4.78, 5) is 0. The zero-order valence-electron chi connectivity index (χ0n) is 13.0. The van der Waals surface area contributed by atoms with Gasteiger partial charge in [0.1, 0.15) is 0 Å². The van der Waals surface area contributed by atoms with Crippen LogP contribution < -0.4 is 0 Å². The molecule has 0 nitrogen and oxygen atoms in total. The van der Waals surface area contributed by atoms with Crippen LogP contribution in [0.25, 0.3) is 0 Å². The van der Waals surface area contributed by atoms with Crippen molar-refractivity contribution >= 4 is 0 Å². The first-order valence-corrected chi connectivity index (χ1v) is 7.83. The fourth-order valence-electron chi connectivity index (χ4n) is 2.76. The Morgan fingerprint density at radius 1 is 0.800 bits per heavy atom. The lowest BCUT2D eigenvalue weighted by molar-refractivity contribution is 0.485. The van der Waals surface area contributed by atoms with Crippen molar-refractivity contribution < 1.29 is 0 Å². The first-order valence-electron chi connectivity index (χ1n) is 7.83. The number of hydrogen-bond acceptors (Lipinski definition) is 0. The van der Waals surface area contributed by atoms with E-state index in [2.05, 4.69) is 75.4 Å². The predicted molar refractivity (Wildman–Crippen MR) is 88.2 cm³/mol. The Bertz CT molecular complexity index is 495. The van der Waals surface area contributed by atoms with Crippen LogP contribution in [0.5, 0.6) is 0 Å². The van der Waals surface area contributed by atoms with Crippen LogP contribution in [-0.4, -0.2) is 0 Å². The van der Waals surface area contributed by atoms with Crippen LogP contribution in [-0.2, 0) is 12.8 Å². The van der Waals surface area contributed by atoms with Crippen LogP contribution in [0, 0.1) is 5.92 Å². The number of hydrogen-bond donors (Lipinski definition) is 0. The van der Waals surface area contributed by atoms with Crippen molar-refractivity contribution in [1.82, 2.24) is 0 Å². The summed E-state index contributed by atoms with van der Waals surface area (Å²) in [5.74, 6) is 1.26. The molecule has 0 heteroatoms. The highest BCUT2D eigenvalue weighted by molar-refractivity contribution is 5.24. The quantitative estimate of drug-likeness (QED) is 0.636. The molecule has 0 N–H and O–H groups in total. The van der Waals surface area contributed by atoms with Gasteiger partial charge in [0.15, 0.2) is 0 Å². The molecule has 0 fully saturated rings. The normalized spacial score (nSPS) is 13.9. The third-order valence-corrected chi connectivity index (χ3v) is 4.30. The second kappa shape index (κ2) is 7.28. The second-order valence-electron chi connectivity index (χ2n) is 5.95. The maximum atomic E-state index is 2.36. The lowest BCUT2D eigenvalue weighted by atomic mass is 9.84. The Hall–Kier alpha value is -1.56. The van der Waals surface area contributed by atoms with E-state index < -0.39 is 0 Å². The van der Waals surface area contributed by atoms with Gasteiger partial charge in [-0.15, -0.1) is 0 Å². The molecule has 0 aromatic heterocycles. The summed E-state index contributed by atoms with van der Waals surface area (Å²) in [6.45, 7) is 6.93. The fourth-order valence-corrected chi connectivity index (χ4v) is 2.76. The van der Waals surface area contributed by atoms with Crippen molar-refractivity contribution in [2.24, 2.45) is 5.92 Å². The van der Waals surface area contributed by atoms with E-state index in [1.165, 1.54) is 29.5 Å². The molecule has 2 aromatic rings. The molecule has 0 amide bonds. The third-order valence-electron chi connectivity index (χ3n) is 4.30. The first-order chi connectivity index (χ1) is 9.70. The molecule has 2 rings (SSSR count). The van der Waals surface area contributed by atoms with E-state index in [1.54, 1.807) is 0 Å². The summed E-state index contributed by atoms with van der Waals surface area (Å²) in [5, 5.41) is 0. The van der Waals surface area contributed by atoms with Crippen molar-refractivity contribution in [2.75, 3.05) is 0 Å². The van der Waals surface area contributed by atoms with E-state index in [0.717, 1.165) is 6.42 Å². The summed E-state index contributed by atoms with van der Waals surface area (Å²) in [5.41, 5.74) is 4.36. The summed E-state index contributed by atoms with van der Waals surface area (Å²) in [6.07, 6.45) is 3.57. The topological polar surface area (TPSA) is 0 Å². The Balaban J connectivity index is 1.98. The average molecular weight is 266 g/mol. The van der Waals surface area contributed by atoms with Crippen LogP contribution in [0.15, 0.2) is 54.6 Å². The Morgan fingerprint density at radius 2 is 1.40 bits per heavy atom. The highest BCUT2D eigenvalue weighted by Crippen LogP contribution is 2.26. The predicted octanol–water partition coefficient (Wildman–Crippen LogP) is 5.62. The maximum Gasteiger partial charge on any atom is -0.0161 e. The minimum Gasteiger partial charge on any atom is -0.0651 e. The highest BCUT2D eigenvalue weighted by atomic mass is 14.2. The Morgan fingerprint density at radius 3 is 2.00 bits per heavy atom. The first kappa shape index (κ1) is 14.8. The van der Waals surface area contributed by atoms with Gasteiger partial charge in [-0.2, -0.15) is 0 Å². The summed E-state index contributed by atoms with van der Waals surface area (Å²) >= 11 is 0. The molecular formula is C20H26. The minimum absolute atomic E-state index is 0.603. The number of rotatable bonds is 6. The largest absolute Gasteiger partial charge is 0.0651 e. The zero-order valence-corrected chi connectivity index (χ0v) is 13.0. The highest BCUT2D eigenvalue weighted by Gasteiger charge is 2.14. The molecule has 2 aromatic carbocycles. The smallest absolute Gasteiger partial charge is 0.0161 e. The minimum atomic E-state index is 0.603. The second-order valence-corrected chi connectivity index (χ2v) is 5.95. The molecule has 0 bridgehead atoms. The van der Waals surface area contributed by atoms with Gasteiger partial charge in [-0.1, -0.05) is 81.8 Å². The molecule has 0 saturated heterocycles. The number of benzene rings is 2. The number of aryl methyl sites for hydroxylation is 1. The van der Waals surface area contributed by atoms with Crippen molar-refractivity contribution in [1.29, 1.82) is 0 Å². The van der Waals surface area contributed by atoms with Gasteiger partial charge in [-0.05, 0) is 41.4 Å². The average Bonchev–Trinajstić information content (AvgIpc) is 2.49. The summed E-state index contributed by atoms with van der Waals surface area (Å²) in [7, 11) is 0. The van der Waals surface area contributed by atoms with Gasteiger partial charge >= 0.3 is 0 Å². The van der Waals surface area contributed by atoms with Crippen molar-refractivity contribution in [2.45, 2.75) is 46.0 Å². The molecule has 2 unspecified atom stereocenters. The standard InChI is InChI=1S/C20H26/c1-4-8-18-11-13-19(14-12-18)15-16(2)17(3)20-9-6-5-7-10-20/h5-7,9-14,16-17H,4,8,15H2,1-3H3. The van der Waals surface area contributed by atoms with E-state index in [0.29, 0.717) is 11.8 Å². The van der Waals surface area contributed by atoms with Crippen LogP contribution in [0.3, 0.4) is 0 Å². The fraction of sp³-hybridized carbons (Fsp3) is 0.400. The van der Waals surface area contributed by atoms with E-state index in [4.69, 9.17) is 0 Å². The van der Waals surface area contributed by atoms with E-state index in [-0.39, 0.29) is 0 Å². The van der Waals surface area contributed by atoms with Crippen LogP contribution in [0.1, 0.15) is 49.8 Å². The molecule has 0 spiro atoms. The van der Waals surface area contributed by atoms with Crippen LogP contribution in [0.2, 0.25) is 0 Å². The molecule has 0 aliphatic heterocycles. The maximum absolute atomic E-state index is 2.36. The zero-order chi connectivity index (χ0) is 14.4. The molecule has 0 heterocycles. The molecule has 0 aliphatic carbocycles. The summed E-state index contributed by atoms with van der Waals surface area (Å²) in [6, 6.07) is 20.0. The third kappa shape index (κ3) is 3.96. The van der Waals surface area contributed by atoms with Gasteiger partial charge < -0.3 is 0 Å². The molecule has 0 aliphatic rings. The van der Waals surface area contributed by atoms with Gasteiger partial charge in [0, 0.05) is 0 Å². The van der Waals surface area contributed by atoms with Gasteiger partial charge in [0.2, 0.25) is 0 Å². The molecule has 2 atom stereocenters. The molecule has 106 valence electrons. The Kier molecular flexibility index (Phi) is 5.40. The van der Waals surface area contributed by atoms with Gasteiger partial charge in [-0.25, -0.2) is 0 Å². The molecule has 20 heavy (non-hydrogen) atoms. The van der Waals surface area contributed by atoms with E-state index in [9.17, 15) is 0 Å². The van der Waals surface area contributed by atoms with Gasteiger partial charge in [0.25, 0.3) is 0 Å². The molecular weight excluding hydrogens is 240 g/mol. The van der Waals surface area contributed by atoms with Crippen molar-refractivity contribution in [3.8, 4) is 0 Å². The molecule has 0 saturated carbocycles. The monoisotopic (exact) mass is 266 g/mol. The van der Waals surface area contributed by atoms with E-state index in [1.807, 2.05) is 0 Å². The van der Waals surface area contributed by atoms with Crippen LogP contribution >= 0.6 is 0 Å². The summed E-state index contributed by atoms with van der Waals surface area (Å²) < 4.78 is 0. The van der Waals surface area contributed by atoms with Crippen LogP contribution in [0.4, 0.5) is 0 Å². The Labute approximate surface area is 123 Å². The van der Waals surface area contributed by atoms with Crippen molar-refractivity contribution in [3.63, 3.8) is 0 Å². The molecule has 0 radical (unpaired) electrons. The van der Waals surface area contributed by atoms with Gasteiger partial charge in [0.05, 0.1) is 0 Å².